The maximum absolute atomic E-state index is 12.3. The first-order valence-corrected chi connectivity index (χ1v) is 7.74. The number of aryl methyl sites for hydroxylation is 1. The Morgan fingerprint density at radius 1 is 1.16 bits per heavy atom. The van der Waals surface area contributed by atoms with Gasteiger partial charge in [-0.1, -0.05) is 24.3 Å². The maximum Gasteiger partial charge on any atom is 0.291 e. The Balaban J connectivity index is 1.64. The van der Waals surface area contributed by atoms with Crippen molar-refractivity contribution in [1.29, 1.82) is 5.26 Å². The number of ether oxygens (including phenoxy) is 1. The van der Waals surface area contributed by atoms with Gasteiger partial charge in [-0.25, -0.2) is 0 Å². The molecule has 0 unspecified atom stereocenters. The van der Waals surface area contributed by atoms with Gasteiger partial charge in [-0.05, 0) is 48.9 Å². The summed E-state index contributed by atoms with van der Waals surface area (Å²) >= 11 is 0. The van der Waals surface area contributed by atoms with E-state index in [1.807, 2.05) is 37.3 Å². The number of nitrogens with zero attached hydrogens (tertiary/aromatic N) is 1. The molecular formula is C20H16N2O3. The van der Waals surface area contributed by atoms with Crippen molar-refractivity contribution in [2.24, 2.45) is 0 Å². The third-order valence-electron chi connectivity index (χ3n) is 3.55. The van der Waals surface area contributed by atoms with Crippen molar-refractivity contribution in [2.45, 2.75) is 13.5 Å². The second-order valence-corrected chi connectivity index (χ2v) is 5.48. The molecule has 0 bridgehead atoms. The summed E-state index contributed by atoms with van der Waals surface area (Å²) < 4.78 is 11.2. The Morgan fingerprint density at radius 3 is 2.80 bits per heavy atom. The number of amides is 1. The number of furan rings is 1. The second kappa shape index (κ2) is 7.37. The van der Waals surface area contributed by atoms with Crippen molar-refractivity contribution in [3.63, 3.8) is 0 Å². The fourth-order valence-corrected chi connectivity index (χ4v) is 2.31. The van der Waals surface area contributed by atoms with Gasteiger partial charge in [-0.3, -0.25) is 4.79 Å². The van der Waals surface area contributed by atoms with Gasteiger partial charge in [0, 0.05) is 0 Å². The van der Waals surface area contributed by atoms with Gasteiger partial charge in [0.05, 0.1) is 11.3 Å². The van der Waals surface area contributed by atoms with Crippen LogP contribution in [0.15, 0.2) is 65.1 Å². The fraction of sp³-hybridized carbons (Fsp3) is 0.100. The molecule has 5 heteroatoms. The lowest BCUT2D eigenvalue weighted by Crippen LogP contribution is -2.11. The number of hydrogen-bond acceptors (Lipinski definition) is 4. The standard InChI is InChI=1S/C20H16N2O3/c1-14-5-4-7-16(11-14)24-13-17-9-10-19(25-17)20(23)22-18-8-3-2-6-15(18)12-21/h2-11H,13H2,1H3,(H,22,23). The van der Waals surface area contributed by atoms with E-state index in [9.17, 15) is 4.79 Å². The van der Waals surface area contributed by atoms with Crippen molar-refractivity contribution >= 4 is 11.6 Å². The molecule has 1 N–H and O–H groups in total. The molecule has 0 aliphatic heterocycles. The number of rotatable bonds is 5. The highest BCUT2D eigenvalue weighted by atomic mass is 16.5. The van der Waals surface area contributed by atoms with Gasteiger partial charge in [-0.2, -0.15) is 5.26 Å². The van der Waals surface area contributed by atoms with E-state index in [2.05, 4.69) is 5.32 Å². The number of hydrogen-bond donors (Lipinski definition) is 1. The minimum absolute atomic E-state index is 0.163. The minimum Gasteiger partial charge on any atom is -0.486 e. The van der Waals surface area contributed by atoms with E-state index in [1.54, 1.807) is 36.4 Å². The van der Waals surface area contributed by atoms with Gasteiger partial charge < -0.3 is 14.5 Å². The van der Waals surface area contributed by atoms with Crippen LogP contribution in [0.25, 0.3) is 0 Å². The molecule has 0 saturated heterocycles. The average Bonchev–Trinajstić information content (AvgIpc) is 3.10. The van der Waals surface area contributed by atoms with Crippen LogP contribution in [-0.2, 0) is 6.61 Å². The summed E-state index contributed by atoms with van der Waals surface area (Å²) in [4.78, 5) is 12.3. The van der Waals surface area contributed by atoms with Gasteiger partial charge in [0.1, 0.15) is 24.2 Å². The number of nitrogens with one attached hydrogen (secondary N) is 1. The third-order valence-corrected chi connectivity index (χ3v) is 3.55. The lowest BCUT2D eigenvalue weighted by Gasteiger charge is -2.06. The van der Waals surface area contributed by atoms with Crippen LogP contribution in [0.3, 0.4) is 0 Å². The Kier molecular flexibility index (Phi) is 4.82. The SMILES string of the molecule is Cc1cccc(OCc2ccc(C(=O)Nc3ccccc3C#N)o2)c1. The van der Waals surface area contributed by atoms with Crippen LogP contribution in [0, 0.1) is 18.3 Å². The van der Waals surface area contributed by atoms with Crippen LogP contribution < -0.4 is 10.1 Å². The van der Waals surface area contributed by atoms with Gasteiger partial charge in [0.25, 0.3) is 5.91 Å². The van der Waals surface area contributed by atoms with Gasteiger partial charge in [-0.15, -0.1) is 0 Å². The molecule has 1 heterocycles. The minimum atomic E-state index is -0.412. The first-order chi connectivity index (χ1) is 12.2. The largest absolute Gasteiger partial charge is 0.486 e. The summed E-state index contributed by atoms with van der Waals surface area (Å²) in [6.45, 7) is 2.22. The molecule has 2 aromatic carbocycles. The molecule has 0 atom stereocenters. The smallest absolute Gasteiger partial charge is 0.291 e. The summed E-state index contributed by atoms with van der Waals surface area (Å²) in [5, 5.41) is 11.7. The number of nitriles is 1. The van der Waals surface area contributed by atoms with E-state index in [-0.39, 0.29) is 12.4 Å². The highest BCUT2D eigenvalue weighted by Crippen LogP contribution is 2.18. The number of benzene rings is 2. The predicted octanol–water partition coefficient (Wildman–Crippen LogP) is 4.29. The highest BCUT2D eigenvalue weighted by molar-refractivity contribution is 6.03. The van der Waals surface area contributed by atoms with Crippen molar-refractivity contribution < 1.29 is 13.9 Å². The molecule has 25 heavy (non-hydrogen) atoms. The molecule has 5 nitrogen and oxygen atoms in total. The summed E-state index contributed by atoms with van der Waals surface area (Å²) in [6, 6.07) is 19.8. The molecule has 3 aromatic rings. The molecule has 0 aliphatic rings. The molecule has 0 fully saturated rings. The van der Waals surface area contributed by atoms with Crippen molar-refractivity contribution in [3.8, 4) is 11.8 Å². The van der Waals surface area contributed by atoms with Crippen LogP contribution in [0.2, 0.25) is 0 Å². The van der Waals surface area contributed by atoms with E-state index in [1.165, 1.54) is 0 Å². The zero-order valence-electron chi connectivity index (χ0n) is 13.7. The molecule has 124 valence electrons. The topological polar surface area (TPSA) is 75.3 Å². The second-order valence-electron chi connectivity index (χ2n) is 5.48. The Hall–Kier alpha value is -3.52. The lowest BCUT2D eigenvalue weighted by molar-refractivity contribution is 0.0992. The van der Waals surface area contributed by atoms with E-state index < -0.39 is 5.91 Å². The molecule has 0 radical (unpaired) electrons. The van der Waals surface area contributed by atoms with E-state index in [0.29, 0.717) is 17.0 Å². The zero-order chi connectivity index (χ0) is 17.6. The van der Waals surface area contributed by atoms with Crippen LogP contribution >= 0.6 is 0 Å². The van der Waals surface area contributed by atoms with Gasteiger partial charge >= 0.3 is 0 Å². The predicted molar refractivity (Wildman–Crippen MR) is 93.3 cm³/mol. The van der Waals surface area contributed by atoms with Crippen LogP contribution in [0.5, 0.6) is 5.75 Å². The van der Waals surface area contributed by atoms with Gasteiger partial charge in [0.2, 0.25) is 0 Å². The normalized spacial score (nSPS) is 10.1. The maximum atomic E-state index is 12.3. The summed E-state index contributed by atoms with van der Waals surface area (Å²) in [5.41, 5.74) is 1.95. The molecule has 1 aromatic heterocycles. The molecule has 0 saturated carbocycles. The summed E-state index contributed by atoms with van der Waals surface area (Å²) in [5.74, 6) is 1.03. The van der Waals surface area contributed by atoms with Crippen LogP contribution in [0.1, 0.15) is 27.4 Å². The van der Waals surface area contributed by atoms with Crippen molar-refractivity contribution in [3.05, 3.63) is 83.3 Å². The molecule has 0 spiro atoms. The molecule has 3 rings (SSSR count). The zero-order valence-corrected chi connectivity index (χ0v) is 13.7. The Bertz CT molecular complexity index is 938. The molecular weight excluding hydrogens is 316 g/mol. The quantitative estimate of drug-likeness (QED) is 0.756. The first-order valence-electron chi connectivity index (χ1n) is 7.74. The average molecular weight is 332 g/mol. The summed E-state index contributed by atoms with van der Waals surface area (Å²) in [7, 11) is 0. The Morgan fingerprint density at radius 2 is 2.00 bits per heavy atom. The van der Waals surface area contributed by atoms with Crippen LogP contribution in [-0.4, -0.2) is 5.91 Å². The highest BCUT2D eigenvalue weighted by Gasteiger charge is 2.13. The van der Waals surface area contributed by atoms with E-state index >= 15 is 0 Å². The third kappa shape index (κ3) is 4.06. The molecule has 1 amide bonds. The van der Waals surface area contributed by atoms with E-state index in [0.717, 1.165) is 11.3 Å². The van der Waals surface area contributed by atoms with E-state index in [4.69, 9.17) is 14.4 Å². The monoisotopic (exact) mass is 332 g/mol. The fourth-order valence-electron chi connectivity index (χ4n) is 2.31. The number of carbonyl (C=O) groups is 1. The van der Waals surface area contributed by atoms with Crippen molar-refractivity contribution in [1.82, 2.24) is 0 Å². The molecule has 0 aliphatic carbocycles. The number of anilines is 1. The van der Waals surface area contributed by atoms with Crippen molar-refractivity contribution in [2.75, 3.05) is 5.32 Å². The number of carbonyl (C=O) groups excluding carboxylic acids is 1. The number of para-hydroxylation sites is 1. The summed E-state index contributed by atoms with van der Waals surface area (Å²) in [6.07, 6.45) is 0. The lowest BCUT2D eigenvalue weighted by atomic mass is 10.2. The van der Waals surface area contributed by atoms with Crippen LogP contribution in [0.4, 0.5) is 5.69 Å². The Labute approximate surface area is 145 Å². The van der Waals surface area contributed by atoms with Gasteiger partial charge in [0.15, 0.2) is 5.76 Å². The first kappa shape index (κ1) is 16.3.